The number of hydrogen-bond acceptors (Lipinski definition) is 6. The molecule has 0 saturated carbocycles. The number of carboxylic acid groups (broad SMARTS) is 1. The number of thiocarbonyl (C=S) groups is 1. The lowest BCUT2D eigenvalue weighted by molar-refractivity contribution is -0.122. The highest BCUT2D eigenvalue weighted by molar-refractivity contribution is 7.80. The fraction of sp³-hybridized carbons (Fsp3) is 0.111. The molecule has 0 aromatic heterocycles. The number of ether oxygens (including phenoxy) is 2. The number of nitrogens with zero attached hydrogens (tertiary/aromatic N) is 1. The van der Waals surface area contributed by atoms with Crippen LogP contribution in [-0.2, 0) is 16.2 Å². The third-order valence-corrected chi connectivity index (χ3v) is 5.54. The first-order chi connectivity index (χ1) is 17.4. The van der Waals surface area contributed by atoms with Crippen LogP contribution in [0.4, 0.5) is 5.69 Å². The summed E-state index contributed by atoms with van der Waals surface area (Å²) in [6.07, 6.45) is 1.49. The van der Waals surface area contributed by atoms with Gasteiger partial charge in [0, 0.05) is 6.07 Å². The third kappa shape index (κ3) is 5.59. The minimum absolute atomic E-state index is 0.00786. The molecule has 8 nitrogen and oxygen atoms in total. The summed E-state index contributed by atoms with van der Waals surface area (Å²) in [4.78, 5) is 38.2. The molecule has 4 rings (SSSR count). The van der Waals surface area contributed by atoms with Crippen LogP contribution in [0.5, 0.6) is 11.5 Å². The predicted octanol–water partition coefficient (Wildman–Crippen LogP) is 4.19. The summed E-state index contributed by atoms with van der Waals surface area (Å²) in [5.74, 6) is -1.00. The number of rotatable bonds is 8. The number of hydrogen-bond donors (Lipinski definition) is 2. The summed E-state index contributed by atoms with van der Waals surface area (Å²) in [5, 5.41) is 11.7. The van der Waals surface area contributed by atoms with Crippen molar-refractivity contribution in [3.05, 3.63) is 95.1 Å². The molecule has 0 aliphatic carbocycles. The van der Waals surface area contributed by atoms with Gasteiger partial charge in [-0.3, -0.25) is 19.8 Å². The van der Waals surface area contributed by atoms with Crippen LogP contribution in [0.3, 0.4) is 0 Å². The van der Waals surface area contributed by atoms with Crippen molar-refractivity contribution in [2.45, 2.75) is 13.5 Å². The number of anilines is 1. The number of carboxylic acids is 1. The minimum Gasteiger partial charge on any atom is -0.494 e. The average Bonchev–Trinajstić information content (AvgIpc) is 2.86. The predicted molar refractivity (Wildman–Crippen MR) is 138 cm³/mol. The molecule has 182 valence electrons. The first-order valence-electron chi connectivity index (χ1n) is 11.0. The Labute approximate surface area is 212 Å². The molecule has 9 heteroatoms. The van der Waals surface area contributed by atoms with E-state index < -0.39 is 17.8 Å². The van der Waals surface area contributed by atoms with Crippen LogP contribution in [0.1, 0.15) is 28.4 Å². The molecule has 0 bridgehead atoms. The zero-order valence-electron chi connectivity index (χ0n) is 19.3. The Hall–Kier alpha value is -4.50. The molecule has 2 N–H and O–H groups in total. The average molecular weight is 503 g/mol. The van der Waals surface area contributed by atoms with Crippen LogP contribution < -0.4 is 19.7 Å². The van der Waals surface area contributed by atoms with E-state index in [9.17, 15) is 14.4 Å². The third-order valence-electron chi connectivity index (χ3n) is 5.26. The maximum absolute atomic E-state index is 13.2. The molecule has 1 fully saturated rings. The van der Waals surface area contributed by atoms with Crippen LogP contribution in [0.15, 0.2) is 78.4 Å². The standard InChI is InChI=1S/C27H22N2O6S/c1-2-34-22-8-4-7-20(15-22)29-25(31)23(24(30)28-27(29)36)14-17-9-11-21(12-10-17)35-16-18-5-3-6-19(13-18)26(32)33/h3-15H,2,16H2,1H3,(H,32,33)(H,28,30,36)/b23-14+. The summed E-state index contributed by atoms with van der Waals surface area (Å²) in [6.45, 7) is 2.52. The summed E-state index contributed by atoms with van der Waals surface area (Å²) >= 11 is 5.25. The maximum atomic E-state index is 13.2. The lowest BCUT2D eigenvalue weighted by Gasteiger charge is -2.29. The van der Waals surface area contributed by atoms with E-state index >= 15 is 0 Å². The van der Waals surface area contributed by atoms with E-state index in [-0.39, 0.29) is 22.9 Å². The first-order valence-corrected chi connectivity index (χ1v) is 11.5. The lowest BCUT2D eigenvalue weighted by Crippen LogP contribution is -2.54. The molecule has 3 aromatic carbocycles. The van der Waals surface area contributed by atoms with Gasteiger partial charge in [0.15, 0.2) is 5.11 Å². The molecule has 1 heterocycles. The zero-order chi connectivity index (χ0) is 25.7. The van der Waals surface area contributed by atoms with Crippen LogP contribution in [-0.4, -0.2) is 34.6 Å². The number of carbonyl (C=O) groups is 3. The van der Waals surface area contributed by atoms with Gasteiger partial charge in [0.05, 0.1) is 17.9 Å². The molecule has 0 spiro atoms. The number of amides is 2. The van der Waals surface area contributed by atoms with Crippen molar-refractivity contribution in [1.82, 2.24) is 5.32 Å². The highest BCUT2D eigenvalue weighted by Gasteiger charge is 2.34. The second-order valence-corrected chi connectivity index (χ2v) is 8.14. The van der Waals surface area contributed by atoms with Gasteiger partial charge in [0.1, 0.15) is 23.7 Å². The number of carbonyl (C=O) groups excluding carboxylic acids is 2. The highest BCUT2D eigenvalue weighted by Crippen LogP contribution is 2.26. The van der Waals surface area contributed by atoms with E-state index in [4.69, 9.17) is 26.8 Å². The molecule has 1 saturated heterocycles. The normalized spacial score (nSPS) is 14.5. The number of aromatic carboxylic acids is 1. The Morgan fingerprint density at radius 2 is 1.75 bits per heavy atom. The second-order valence-electron chi connectivity index (χ2n) is 7.75. The van der Waals surface area contributed by atoms with E-state index in [1.807, 2.05) is 6.92 Å². The molecule has 1 aliphatic rings. The number of nitrogens with one attached hydrogen (secondary N) is 1. The Kier molecular flexibility index (Phi) is 7.41. The molecule has 0 radical (unpaired) electrons. The van der Waals surface area contributed by atoms with Gasteiger partial charge in [-0.2, -0.15) is 0 Å². The molecule has 0 atom stereocenters. The quantitative estimate of drug-likeness (QED) is 0.270. The van der Waals surface area contributed by atoms with E-state index in [0.29, 0.717) is 29.4 Å². The van der Waals surface area contributed by atoms with Gasteiger partial charge >= 0.3 is 5.97 Å². The lowest BCUT2D eigenvalue weighted by atomic mass is 10.1. The SMILES string of the molecule is CCOc1cccc(N2C(=O)/C(=C/c3ccc(OCc4cccc(C(=O)O)c4)cc3)C(=O)NC2=S)c1. The topological polar surface area (TPSA) is 105 Å². The maximum Gasteiger partial charge on any atom is 0.335 e. The minimum atomic E-state index is -1.00. The van der Waals surface area contributed by atoms with Crippen molar-refractivity contribution in [2.24, 2.45) is 0 Å². The first kappa shape index (κ1) is 24.6. The van der Waals surface area contributed by atoms with Crippen LogP contribution in [0, 0.1) is 0 Å². The zero-order valence-corrected chi connectivity index (χ0v) is 20.1. The van der Waals surface area contributed by atoms with Crippen LogP contribution in [0.25, 0.3) is 6.08 Å². The van der Waals surface area contributed by atoms with E-state index in [1.165, 1.54) is 17.0 Å². The Morgan fingerprint density at radius 3 is 2.47 bits per heavy atom. The van der Waals surface area contributed by atoms with Crippen molar-refractivity contribution in [1.29, 1.82) is 0 Å². The van der Waals surface area contributed by atoms with E-state index in [2.05, 4.69) is 5.32 Å². The van der Waals surface area contributed by atoms with E-state index in [1.54, 1.807) is 66.7 Å². The molecule has 3 aromatic rings. The molecular weight excluding hydrogens is 480 g/mol. The Balaban J connectivity index is 1.50. The smallest absolute Gasteiger partial charge is 0.335 e. The van der Waals surface area contributed by atoms with E-state index in [0.717, 1.165) is 5.56 Å². The summed E-state index contributed by atoms with van der Waals surface area (Å²) in [5.41, 5.74) is 1.94. The van der Waals surface area contributed by atoms with Gasteiger partial charge in [-0.15, -0.1) is 0 Å². The molecule has 36 heavy (non-hydrogen) atoms. The Morgan fingerprint density at radius 1 is 1.00 bits per heavy atom. The molecule has 2 amide bonds. The van der Waals surface area contributed by atoms with Crippen LogP contribution in [0.2, 0.25) is 0 Å². The van der Waals surface area contributed by atoms with Crippen molar-refractivity contribution >= 4 is 46.9 Å². The van der Waals surface area contributed by atoms with Gasteiger partial charge in [-0.05, 0) is 72.7 Å². The van der Waals surface area contributed by atoms with Crippen molar-refractivity contribution < 1.29 is 29.0 Å². The van der Waals surface area contributed by atoms with Gasteiger partial charge in [-0.25, -0.2) is 4.79 Å². The van der Waals surface area contributed by atoms with Gasteiger partial charge in [0.2, 0.25) is 0 Å². The van der Waals surface area contributed by atoms with Crippen molar-refractivity contribution in [2.75, 3.05) is 11.5 Å². The second kappa shape index (κ2) is 10.8. The summed E-state index contributed by atoms with van der Waals surface area (Å²) in [6, 6.07) is 20.2. The summed E-state index contributed by atoms with van der Waals surface area (Å²) in [7, 11) is 0. The largest absolute Gasteiger partial charge is 0.494 e. The number of benzene rings is 3. The monoisotopic (exact) mass is 502 g/mol. The van der Waals surface area contributed by atoms with Gasteiger partial charge < -0.3 is 14.6 Å². The summed E-state index contributed by atoms with van der Waals surface area (Å²) < 4.78 is 11.2. The van der Waals surface area contributed by atoms with Crippen molar-refractivity contribution in [3.63, 3.8) is 0 Å². The van der Waals surface area contributed by atoms with Gasteiger partial charge in [-0.1, -0.05) is 30.3 Å². The fourth-order valence-electron chi connectivity index (χ4n) is 3.56. The molecule has 0 unspecified atom stereocenters. The molecular formula is C27H22N2O6S. The van der Waals surface area contributed by atoms with Gasteiger partial charge in [0.25, 0.3) is 11.8 Å². The molecule has 1 aliphatic heterocycles. The highest BCUT2D eigenvalue weighted by atomic mass is 32.1. The fourth-order valence-corrected chi connectivity index (χ4v) is 3.84. The van der Waals surface area contributed by atoms with Crippen LogP contribution >= 0.6 is 12.2 Å². The Bertz CT molecular complexity index is 1370. The van der Waals surface area contributed by atoms with Crippen molar-refractivity contribution in [3.8, 4) is 11.5 Å².